The molecular formula is C21H33NO2. The largest absolute Gasteiger partial charge is 0.453 e. The summed E-state index contributed by atoms with van der Waals surface area (Å²) in [4.78, 5) is 11.7. The van der Waals surface area contributed by atoms with Crippen molar-refractivity contribution in [2.75, 3.05) is 7.11 Å². The molecule has 0 saturated heterocycles. The lowest BCUT2D eigenvalue weighted by atomic mass is 9.88. The molecule has 0 fully saturated rings. The summed E-state index contributed by atoms with van der Waals surface area (Å²) in [6, 6.07) is 9.97. The van der Waals surface area contributed by atoms with Crippen LogP contribution in [0.25, 0.3) is 0 Å². The van der Waals surface area contributed by atoms with Crippen LogP contribution in [-0.2, 0) is 4.74 Å². The van der Waals surface area contributed by atoms with Gasteiger partial charge in [0.05, 0.1) is 13.2 Å². The van der Waals surface area contributed by atoms with E-state index >= 15 is 0 Å². The second-order valence-electron chi connectivity index (χ2n) is 6.33. The van der Waals surface area contributed by atoms with E-state index in [4.69, 9.17) is 4.74 Å². The molecular weight excluding hydrogens is 298 g/mol. The number of alkyl carbamates (subject to hydrolysis) is 1. The quantitative estimate of drug-likeness (QED) is 0.375. The van der Waals surface area contributed by atoms with Crippen molar-refractivity contribution in [3.05, 3.63) is 48.6 Å². The topological polar surface area (TPSA) is 38.3 Å². The van der Waals surface area contributed by atoms with Crippen LogP contribution in [0, 0.1) is 5.92 Å². The predicted octanol–water partition coefficient (Wildman–Crippen LogP) is 6.03. The SMILES string of the molecule is C=CC(CCCCCCCCC)C(NC(=O)OC)c1ccccc1. The smallest absolute Gasteiger partial charge is 0.407 e. The van der Waals surface area contributed by atoms with E-state index in [0.29, 0.717) is 0 Å². The zero-order valence-electron chi connectivity index (χ0n) is 15.3. The van der Waals surface area contributed by atoms with Crippen LogP contribution in [-0.4, -0.2) is 13.2 Å². The molecule has 0 saturated carbocycles. The number of nitrogens with one attached hydrogen (secondary N) is 1. The molecule has 0 aliphatic rings. The van der Waals surface area contributed by atoms with Gasteiger partial charge in [-0.05, 0) is 12.0 Å². The Morgan fingerprint density at radius 2 is 1.75 bits per heavy atom. The number of unbranched alkanes of at least 4 members (excludes halogenated alkanes) is 6. The van der Waals surface area contributed by atoms with Gasteiger partial charge < -0.3 is 10.1 Å². The lowest BCUT2D eigenvalue weighted by molar-refractivity contribution is 0.163. The van der Waals surface area contributed by atoms with E-state index in [1.165, 1.54) is 45.6 Å². The Bertz CT molecular complexity index is 458. The molecule has 24 heavy (non-hydrogen) atoms. The van der Waals surface area contributed by atoms with Gasteiger partial charge in [-0.15, -0.1) is 6.58 Å². The molecule has 0 aliphatic heterocycles. The van der Waals surface area contributed by atoms with E-state index in [1.807, 2.05) is 36.4 Å². The third-order valence-electron chi connectivity index (χ3n) is 4.49. The van der Waals surface area contributed by atoms with E-state index in [-0.39, 0.29) is 12.0 Å². The van der Waals surface area contributed by atoms with Crippen LogP contribution in [0.1, 0.15) is 69.9 Å². The highest BCUT2D eigenvalue weighted by molar-refractivity contribution is 5.67. The first-order chi connectivity index (χ1) is 11.7. The number of benzene rings is 1. The van der Waals surface area contributed by atoms with Crippen LogP contribution >= 0.6 is 0 Å². The minimum atomic E-state index is -0.393. The maximum Gasteiger partial charge on any atom is 0.407 e. The van der Waals surface area contributed by atoms with Crippen LogP contribution in [0.2, 0.25) is 0 Å². The van der Waals surface area contributed by atoms with Crippen LogP contribution < -0.4 is 5.32 Å². The van der Waals surface area contributed by atoms with Crippen molar-refractivity contribution in [2.24, 2.45) is 5.92 Å². The van der Waals surface area contributed by atoms with Gasteiger partial charge in [-0.25, -0.2) is 4.79 Å². The zero-order chi connectivity index (χ0) is 17.6. The van der Waals surface area contributed by atoms with Crippen molar-refractivity contribution in [3.8, 4) is 0 Å². The van der Waals surface area contributed by atoms with Crippen LogP contribution in [0.3, 0.4) is 0 Å². The molecule has 3 heteroatoms. The molecule has 3 nitrogen and oxygen atoms in total. The summed E-state index contributed by atoms with van der Waals surface area (Å²) >= 11 is 0. The van der Waals surface area contributed by atoms with Crippen molar-refractivity contribution in [1.82, 2.24) is 5.32 Å². The minimum absolute atomic E-state index is 0.0868. The Balaban J connectivity index is 2.55. The summed E-state index contributed by atoms with van der Waals surface area (Å²) in [5.41, 5.74) is 1.09. The summed E-state index contributed by atoms with van der Waals surface area (Å²) in [5.74, 6) is 0.210. The van der Waals surface area contributed by atoms with Gasteiger partial charge in [0.1, 0.15) is 0 Å². The fraction of sp³-hybridized carbons (Fsp3) is 0.571. The lowest BCUT2D eigenvalue weighted by Crippen LogP contribution is -2.32. The van der Waals surface area contributed by atoms with Gasteiger partial charge in [-0.1, -0.05) is 88.3 Å². The molecule has 1 aromatic carbocycles. The second-order valence-corrected chi connectivity index (χ2v) is 6.33. The van der Waals surface area contributed by atoms with Crippen molar-refractivity contribution < 1.29 is 9.53 Å². The Kier molecular flexibility index (Phi) is 10.7. The number of ether oxygens (including phenoxy) is 1. The fourth-order valence-corrected chi connectivity index (χ4v) is 3.04. The fourth-order valence-electron chi connectivity index (χ4n) is 3.04. The Hall–Kier alpha value is -1.77. The average Bonchev–Trinajstić information content (AvgIpc) is 2.63. The van der Waals surface area contributed by atoms with Gasteiger partial charge in [-0.3, -0.25) is 0 Å². The Morgan fingerprint density at radius 3 is 2.33 bits per heavy atom. The van der Waals surface area contributed by atoms with Gasteiger partial charge in [0, 0.05) is 5.92 Å². The van der Waals surface area contributed by atoms with Gasteiger partial charge >= 0.3 is 6.09 Å². The molecule has 2 unspecified atom stereocenters. The summed E-state index contributed by atoms with van der Waals surface area (Å²) in [7, 11) is 1.40. The standard InChI is InChI=1S/C21H33NO2/c1-4-6-7-8-9-10-12-15-18(5-2)20(22-21(23)24-3)19-16-13-11-14-17-19/h5,11,13-14,16-18,20H,2,4,6-10,12,15H2,1,3H3,(H,22,23). The highest BCUT2D eigenvalue weighted by Gasteiger charge is 2.22. The van der Waals surface area contributed by atoms with E-state index in [0.717, 1.165) is 18.4 Å². The molecule has 0 bridgehead atoms. The van der Waals surface area contributed by atoms with E-state index in [2.05, 4.69) is 18.8 Å². The Labute approximate surface area is 147 Å². The van der Waals surface area contributed by atoms with E-state index in [1.54, 1.807) is 0 Å². The van der Waals surface area contributed by atoms with E-state index < -0.39 is 6.09 Å². The van der Waals surface area contributed by atoms with Crippen molar-refractivity contribution >= 4 is 6.09 Å². The van der Waals surface area contributed by atoms with E-state index in [9.17, 15) is 4.79 Å². The van der Waals surface area contributed by atoms with Crippen LogP contribution in [0.5, 0.6) is 0 Å². The third-order valence-corrected chi connectivity index (χ3v) is 4.49. The number of amides is 1. The van der Waals surface area contributed by atoms with Crippen molar-refractivity contribution in [1.29, 1.82) is 0 Å². The molecule has 1 rings (SSSR count). The first-order valence-electron chi connectivity index (χ1n) is 9.24. The molecule has 2 atom stereocenters. The molecule has 0 radical (unpaired) electrons. The van der Waals surface area contributed by atoms with Crippen LogP contribution in [0.4, 0.5) is 4.79 Å². The summed E-state index contributed by atoms with van der Waals surface area (Å²) in [5, 5.41) is 2.97. The highest BCUT2D eigenvalue weighted by atomic mass is 16.5. The van der Waals surface area contributed by atoms with Gasteiger partial charge in [0.25, 0.3) is 0 Å². The van der Waals surface area contributed by atoms with Crippen LogP contribution in [0.15, 0.2) is 43.0 Å². The average molecular weight is 332 g/mol. The zero-order valence-corrected chi connectivity index (χ0v) is 15.3. The monoisotopic (exact) mass is 331 g/mol. The number of hydrogen-bond donors (Lipinski definition) is 1. The maximum atomic E-state index is 11.7. The van der Waals surface area contributed by atoms with Gasteiger partial charge in [-0.2, -0.15) is 0 Å². The molecule has 1 aromatic rings. The molecule has 1 amide bonds. The normalized spacial score (nSPS) is 13.1. The lowest BCUT2D eigenvalue weighted by Gasteiger charge is -2.25. The van der Waals surface area contributed by atoms with Crippen molar-refractivity contribution in [3.63, 3.8) is 0 Å². The number of hydrogen-bond acceptors (Lipinski definition) is 2. The first-order valence-corrected chi connectivity index (χ1v) is 9.24. The molecule has 1 N–H and O–H groups in total. The van der Waals surface area contributed by atoms with Gasteiger partial charge in [0.2, 0.25) is 0 Å². The number of methoxy groups -OCH3 is 1. The third kappa shape index (κ3) is 7.67. The number of carbonyl (C=O) groups excluding carboxylic acids is 1. The van der Waals surface area contributed by atoms with Crippen molar-refractivity contribution in [2.45, 2.75) is 64.3 Å². The molecule has 0 spiro atoms. The Morgan fingerprint density at radius 1 is 1.12 bits per heavy atom. The second kappa shape index (κ2) is 12.6. The molecule has 134 valence electrons. The first kappa shape index (κ1) is 20.3. The minimum Gasteiger partial charge on any atom is -0.453 e. The summed E-state index contributed by atoms with van der Waals surface area (Å²) in [6.07, 6.45) is 11.6. The summed E-state index contributed by atoms with van der Waals surface area (Å²) in [6.45, 7) is 6.23. The summed E-state index contributed by atoms with van der Waals surface area (Å²) < 4.78 is 4.79. The number of rotatable bonds is 12. The predicted molar refractivity (Wildman–Crippen MR) is 101 cm³/mol. The molecule has 0 aromatic heterocycles. The van der Waals surface area contributed by atoms with Gasteiger partial charge in [0.15, 0.2) is 0 Å². The molecule has 0 aliphatic carbocycles. The number of carbonyl (C=O) groups is 1. The molecule has 0 heterocycles. The highest BCUT2D eigenvalue weighted by Crippen LogP contribution is 2.28. The maximum absolute atomic E-state index is 11.7.